The van der Waals surface area contributed by atoms with Crippen molar-refractivity contribution in [3.63, 3.8) is 0 Å². The lowest BCUT2D eigenvalue weighted by molar-refractivity contribution is -0.119. The molecule has 18 heavy (non-hydrogen) atoms. The van der Waals surface area contributed by atoms with Gasteiger partial charge in [-0.25, -0.2) is 9.97 Å². The second-order valence-corrected chi connectivity index (χ2v) is 3.75. The molecule has 2 aromatic rings. The Bertz CT molecular complexity index is 585. The highest BCUT2D eigenvalue weighted by atomic mass is 16.3. The number of aromatic nitrogens is 3. The highest BCUT2D eigenvalue weighted by Gasteiger charge is 2.12. The fourth-order valence-electron chi connectivity index (χ4n) is 1.33. The van der Waals surface area contributed by atoms with Gasteiger partial charge in [0, 0.05) is 13.8 Å². The van der Waals surface area contributed by atoms with Crippen LogP contribution in [-0.4, -0.2) is 26.6 Å². The van der Waals surface area contributed by atoms with Gasteiger partial charge in [0.2, 0.25) is 11.8 Å². The minimum atomic E-state index is -0.164. The maximum atomic E-state index is 11.1. The standard InChI is InChI=1S/C11H12N4O3/c1-6(16)9-5-18-11(15-9)8-3-13-10(14-8)4-12-7(2)17/h3,5H,4H2,1-2H3,(H,12,17)(H,13,14). The molecule has 0 bridgehead atoms. The molecule has 0 aliphatic carbocycles. The van der Waals surface area contributed by atoms with Crippen LogP contribution in [0.4, 0.5) is 0 Å². The Hall–Kier alpha value is -2.44. The Morgan fingerprint density at radius 2 is 2.22 bits per heavy atom. The highest BCUT2D eigenvalue weighted by Crippen LogP contribution is 2.16. The summed E-state index contributed by atoms with van der Waals surface area (Å²) in [7, 11) is 0. The second kappa shape index (κ2) is 4.82. The number of nitrogens with one attached hydrogen (secondary N) is 2. The first-order chi connectivity index (χ1) is 8.56. The number of aromatic amines is 1. The zero-order valence-corrected chi connectivity index (χ0v) is 9.98. The normalized spacial score (nSPS) is 10.3. The van der Waals surface area contributed by atoms with Crippen LogP contribution in [0.1, 0.15) is 30.2 Å². The molecule has 1 amide bonds. The van der Waals surface area contributed by atoms with Gasteiger partial charge in [-0.1, -0.05) is 0 Å². The van der Waals surface area contributed by atoms with Gasteiger partial charge in [-0.15, -0.1) is 0 Å². The predicted octanol–water partition coefficient (Wildman–Crippen LogP) is 0.903. The predicted molar refractivity (Wildman–Crippen MR) is 61.6 cm³/mol. The van der Waals surface area contributed by atoms with Crippen LogP contribution in [0.2, 0.25) is 0 Å². The summed E-state index contributed by atoms with van der Waals surface area (Å²) in [4.78, 5) is 32.8. The summed E-state index contributed by atoms with van der Waals surface area (Å²) in [5.41, 5.74) is 0.825. The van der Waals surface area contributed by atoms with E-state index in [2.05, 4.69) is 20.3 Å². The first-order valence-electron chi connectivity index (χ1n) is 5.31. The fourth-order valence-corrected chi connectivity index (χ4v) is 1.33. The number of Topliss-reactive ketones (excluding diaryl/α,β-unsaturated/α-hetero) is 1. The molecule has 2 N–H and O–H groups in total. The van der Waals surface area contributed by atoms with Gasteiger partial charge < -0.3 is 14.7 Å². The summed E-state index contributed by atoms with van der Waals surface area (Å²) in [6, 6.07) is 0. The van der Waals surface area contributed by atoms with Gasteiger partial charge in [0.15, 0.2) is 5.78 Å². The van der Waals surface area contributed by atoms with E-state index in [1.807, 2.05) is 0 Å². The molecule has 7 nitrogen and oxygen atoms in total. The number of carbonyl (C=O) groups excluding carboxylic acids is 2. The number of carbonyl (C=O) groups is 2. The number of ketones is 1. The van der Waals surface area contributed by atoms with Gasteiger partial charge in [-0.2, -0.15) is 0 Å². The van der Waals surface area contributed by atoms with Crippen molar-refractivity contribution in [2.75, 3.05) is 0 Å². The van der Waals surface area contributed by atoms with Gasteiger partial charge >= 0.3 is 0 Å². The summed E-state index contributed by atoms with van der Waals surface area (Å²) in [5, 5.41) is 2.61. The summed E-state index contributed by atoms with van der Waals surface area (Å²) < 4.78 is 5.16. The van der Waals surface area contributed by atoms with Gasteiger partial charge in [0.1, 0.15) is 23.5 Å². The van der Waals surface area contributed by atoms with Crippen LogP contribution in [0.3, 0.4) is 0 Å². The largest absolute Gasteiger partial charge is 0.443 e. The van der Waals surface area contributed by atoms with Crippen LogP contribution in [0.5, 0.6) is 0 Å². The van der Waals surface area contributed by atoms with E-state index < -0.39 is 0 Å². The van der Waals surface area contributed by atoms with Crippen LogP contribution >= 0.6 is 0 Å². The summed E-state index contributed by atoms with van der Waals surface area (Å²) in [5.74, 6) is 0.579. The lowest BCUT2D eigenvalue weighted by Gasteiger charge is -1.96. The summed E-state index contributed by atoms with van der Waals surface area (Å²) in [6.45, 7) is 3.14. The van der Waals surface area contributed by atoms with Crippen molar-refractivity contribution >= 4 is 11.7 Å². The summed E-state index contributed by atoms with van der Waals surface area (Å²) >= 11 is 0. The van der Waals surface area contributed by atoms with Crippen LogP contribution in [0, 0.1) is 0 Å². The molecule has 94 valence electrons. The van der Waals surface area contributed by atoms with Crippen molar-refractivity contribution in [1.29, 1.82) is 0 Å². The Morgan fingerprint density at radius 3 is 2.83 bits per heavy atom. The Labute approximate surface area is 103 Å². The van der Waals surface area contributed by atoms with Crippen molar-refractivity contribution in [2.24, 2.45) is 0 Å². The lowest BCUT2D eigenvalue weighted by Crippen LogP contribution is -2.19. The van der Waals surface area contributed by atoms with Crippen LogP contribution < -0.4 is 5.32 Å². The van der Waals surface area contributed by atoms with Crippen molar-refractivity contribution in [1.82, 2.24) is 20.3 Å². The third-order valence-corrected chi connectivity index (χ3v) is 2.23. The number of hydrogen-bond acceptors (Lipinski definition) is 5. The molecular formula is C11H12N4O3. The maximum Gasteiger partial charge on any atom is 0.245 e. The molecule has 0 aliphatic heterocycles. The Morgan fingerprint density at radius 1 is 1.44 bits per heavy atom. The topological polar surface area (TPSA) is 101 Å². The van der Waals surface area contributed by atoms with E-state index in [0.29, 0.717) is 24.0 Å². The van der Waals surface area contributed by atoms with E-state index in [1.54, 1.807) is 0 Å². The van der Waals surface area contributed by atoms with Crippen molar-refractivity contribution in [2.45, 2.75) is 20.4 Å². The van der Waals surface area contributed by atoms with Crippen LogP contribution in [-0.2, 0) is 11.3 Å². The number of amides is 1. The molecule has 0 saturated carbocycles. The number of imidazole rings is 1. The van der Waals surface area contributed by atoms with Crippen molar-refractivity contribution in [3.8, 4) is 11.6 Å². The molecule has 0 spiro atoms. The second-order valence-electron chi connectivity index (χ2n) is 3.75. The molecule has 0 unspecified atom stereocenters. The number of H-pyrrole nitrogens is 1. The smallest absolute Gasteiger partial charge is 0.245 e. The monoisotopic (exact) mass is 248 g/mol. The average Bonchev–Trinajstić information content (AvgIpc) is 2.95. The van der Waals surface area contributed by atoms with Gasteiger partial charge in [-0.3, -0.25) is 9.59 Å². The maximum absolute atomic E-state index is 11.1. The van der Waals surface area contributed by atoms with Gasteiger partial charge in [0.05, 0.1) is 12.7 Å². The number of nitrogens with zero attached hydrogens (tertiary/aromatic N) is 2. The summed E-state index contributed by atoms with van der Waals surface area (Å²) in [6.07, 6.45) is 2.83. The molecule has 2 aromatic heterocycles. The van der Waals surface area contributed by atoms with E-state index in [-0.39, 0.29) is 17.4 Å². The molecule has 2 heterocycles. The number of oxazole rings is 1. The van der Waals surface area contributed by atoms with Gasteiger partial charge in [0.25, 0.3) is 0 Å². The van der Waals surface area contributed by atoms with Crippen molar-refractivity contribution in [3.05, 3.63) is 24.0 Å². The molecule has 0 saturated heterocycles. The van der Waals surface area contributed by atoms with E-state index in [1.165, 1.54) is 26.3 Å². The van der Waals surface area contributed by atoms with Crippen molar-refractivity contribution < 1.29 is 14.0 Å². The quantitative estimate of drug-likeness (QED) is 0.783. The highest BCUT2D eigenvalue weighted by molar-refractivity contribution is 5.92. The van der Waals surface area contributed by atoms with Gasteiger partial charge in [-0.05, 0) is 0 Å². The first kappa shape index (κ1) is 12.0. The number of hydrogen-bond donors (Lipinski definition) is 2. The first-order valence-corrected chi connectivity index (χ1v) is 5.31. The molecule has 0 aliphatic rings. The Kier molecular flexibility index (Phi) is 3.22. The number of rotatable bonds is 4. The molecule has 0 atom stereocenters. The molecule has 0 radical (unpaired) electrons. The zero-order chi connectivity index (χ0) is 13.1. The zero-order valence-electron chi connectivity index (χ0n) is 9.98. The molecule has 0 aromatic carbocycles. The van der Waals surface area contributed by atoms with E-state index in [4.69, 9.17) is 4.42 Å². The van der Waals surface area contributed by atoms with Crippen LogP contribution in [0.25, 0.3) is 11.6 Å². The fraction of sp³-hybridized carbons (Fsp3) is 0.273. The minimum absolute atomic E-state index is 0.136. The molecule has 2 rings (SSSR count). The van der Waals surface area contributed by atoms with E-state index in [0.717, 1.165) is 0 Å². The lowest BCUT2D eigenvalue weighted by atomic mass is 10.3. The average molecular weight is 248 g/mol. The molecular weight excluding hydrogens is 236 g/mol. The van der Waals surface area contributed by atoms with E-state index in [9.17, 15) is 9.59 Å². The van der Waals surface area contributed by atoms with Crippen LogP contribution in [0.15, 0.2) is 16.9 Å². The minimum Gasteiger partial charge on any atom is -0.443 e. The third-order valence-electron chi connectivity index (χ3n) is 2.23. The van der Waals surface area contributed by atoms with E-state index >= 15 is 0 Å². The third kappa shape index (κ3) is 2.62. The molecule has 7 heteroatoms. The Balaban J connectivity index is 2.13. The SMILES string of the molecule is CC(=O)NCc1ncc(-c2nc(C(C)=O)co2)[nH]1. The molecule has 0 fully saturated rings.